The number of carboxylic acids is 1. The molecule has 0 radical (unpaired) electrons. The molecule has 0 bridgehead atoms. The van der Waals surface area contributed by atoms with Crippen LogP contribution >= 0.6 is 11.6 Å². The third kappa shape index (κ3) is 3.28. The van der Waals surface area contributed by atoms with Crippen LogP contribution in [0.4, 0.5) is 8.78 Å². The molecule has 4 N–H and O–H groups in total. The molecule has 7 heteroatoms. The van der Waals surface area contributed by atoms with Crippen molar-refractivity contribution in [2.24, 2.45) is 5.73 Å². The van der Waals surface area contributed by atoms with Gasteiger partial charge in [-0.1, -0.05) is 11.6 Å². The SMILES string of the molecule is N[C@@H](Cc1c(Cl)cc(O)cc1C(F)F)C(=O)O. The zero-order valence-corrected chi connectivity index (χ0v) is 9.29. The summed E-state index contributed by atoms with van der Waals surface area (Å²) in [6.07, 6.45) is -3.19. The third-order valence-electron chi connectivity index (χ3n) is 2.19. The van der Waals surface area contributed by atoms with Crippen LogP contribution in [0.2, 0.25) is 5.02 Å². The van der Waals surface area contributed by atoms with Crippen molar-refractivity contribution in [3.8, 4) is 5.75 Å². The number of alkyl halides is 2. The van der Waals surface area contributed by atoms with Crippen LogP contribution in [0.25, 0.3) is 0 Å². The first-order valence-corrected chi connectivity index (χ1v) is 4.98. The highest BCUT2D eigenvalue weighted by Gasteiger charge is 2.21. The van der Waals surface area contributed by atoms with E-state index < -0.39 is 29.7 Å². The number of nitrogens with two attached hydrogens (primary N) is 1. The zero-order valence-electron chi connectivity index (χ0n) is 8.53. The van der Waals surface area contributed by atoms with Crippen molar-refractivity contribution in [1.29, 1.82) is 0 Å². The van der Waals surface area contributed by atoms with E-state index >= 15 is 0 Å². The predicted molar refractivity (Wildman–Crippen MR) is 57.4 cm³/mol. The molecule has 94 valence electrons. The lowest BCUT2D eigenvalue weighted by molar-refractivity contribution is -0.138. The van der Waals surface area contributed by atoms with Gasteiger partial charge in [0, 0.05) is 17.0 Å². The maximum Gasteiger partial charge on any atom is 0.320 e. The first-order chi connectivity index (χ1) is 7.82. The number of halogens is 3. The van der Waals surface area contributed by atoms with E-state index in [9.17, 15) is 13.6 Å². The smallest absolute Gasteiger partial charge is 0.320 e. The van der Waals surface area contributed by atoms with Gasteiger partial charge in [-0.15, -0.1) is 0 Å². The van der Waals surface area contributed by atoms with Crippen LogP contribution in [0.5, 0.6) is 5.75 Å². The molecule has 0 unspecified atom stereocenters. The van der Waals surface area contributed by atoms with E-state index in [2.05, 4.69) is 0 Å². The number of benzene rings is 1. The van der Waals surface area contributed by atoms with Crippen LogP contribution in [0, 0.1) is 0 Å². The summed E-state index contributed by atoms with van der Waals surface area (Å²) < 4.78 is 25.4. The Kier molecular flexibility index (Phi) is 4.25. The highest BCUT2D eigenvalue weighted by atomic mass is 35.5. The van der Waals surface area contributed by atoms with Gasteiger partial charge < -0.3 is 15.9 Å². The predicted octanol–water partition coefficient (Wildman–Crippen LogP) is 1.94. The molecule has 1 rings (SSSR count). The molecule has 0 heterocycles. The molecule has 17 heavy (non-hydrogen) atoms. The Bertz CT molecular complexity index is 440. The minimum absolute atomic E-state index is 0.0608. The fraction of sp³-hybridized carbons (Fsp3) is 0.300. The molecule has 0 saturated heterocycles. The van der Waals surface area contributed by atoms with Crippen LogP contribution in [-0.2, 0) is 11.2 Å². The van der Waals surface area contributed by atoms with Crippen molar-refractivity contribution in [3.05, 3.63) is 28.3 Å². The molecule has 0 saturated carbocycles. The maximum atomic E-state index is 12.7. The summed E-state index contributed by atoms with van der Waals surface area (Å²) in [5.74, 6) is -1.72. The summed E-state index contributed by atoms with van der Waals surface area (Å²) in [7, 11) is 0. The number of phenolic OH excluding ortho intramolecular Hbond substituents is 1. The van der Waals surface area contributed by atoms with Crippen molar-refractivity contribution in [3.63, 3.8) is 0 Å². The van der Waals surface area contributed by atoms with Crippen LogP contribution in [0.15, 0.2) is 12.1 Å². The van der Waals surface area contributed by atoms with Gasteiger partial charge in [0.2, 0.25) is 0 Å². The lowest BCUT2D eigenvalue weighted by Gasteiger charge is -2.13. The van der Waals surface area contributed by atoms with E-state index in [0.717, 1.165) is 12.1 Å². The Hall–Kier alpha value is -1.40. The summed E-state index contributed by atoms with van der Waals surface area (Å²) in [4.78, 5) is 10.6. The minimum Gasteiger partial charge on any atom is -0.508 e. The Morgan fingerprint density at radius 1 is 1.47 bits per heavy atom. The first-order valence-electron chi connectivity index (χ1n) is 4.60. The van der Waals surface area contributed by atoms with Crippen molar-refractivity contribution in [2.75, 3.05) is 0 Å². The number of aromatic hydroxyl groups is 1. The second-order valence-electron chi connectivity index (χ2n) is 3.44. The number of hydrogen-bond acceptors (Lipinski definition) is 3. The average molecular weight is 266 g/mol. The van der Waals surface area contributed by atoms with Gasteiger partial charge in [-0.2, -0.15) is 0 Å². The molecule has 1 aromatic carbocycles. The molecule has 0 aliphatic heterocycles. The molecule has 0 aliphatic carbocycles. The van der Waals surface area contributed by atoms with E-state index in [0.29, 0.717) is 0 Å². The molecule has 0 spiro atoms. The van der Waals surface area contributed by atoms with Gasteiger partial charge in [0.25, 0.3) is 6.43 Å². The fourth-order valence-corrected chi connectivity index (χ4v) is 1.66. The standard InChI is InChI=1S/C10H10ClF2NO3/c11-7-2-4(15)1-6(9(12)13)5(7)3-8(14)10(16)17/h1-2,8-9,15H,3,14H2,(H,16,17)/t8-/m0/s1. The van der Waals surface area contributed by atoms with Gasteiger partial charge in [0.05, 0.1) is 0 Å². The van der Waals surface area contributed by atoms with Gasteiger partial charge in [-0.3, -0.25) is 4.79 Å². The topological polar surface area (TPSA) is 83.5 Å². The van der Waals surface area contributed by atoms with Crippen molar-refractivity contribution >= 4 is 17.6 Å². The van der Waals surface area contributed by atoms with E-state index in [-0.39, 0.29) is 17.0 Å². The normalized spacial score (nSPS) is 12.8. The molecule has 0 aromatic heterocycles. The Labute approximate surface area is 101 Å². The quantitative estimate of drug-likeness (QED) is 0.777. The Morgan fingerprint density at radius 3 is 2.53 bits per heavy atom. The van der Waals surface area contributed by atoms with Crippen LogP contribution in [0.1, 0.15) is 17.6 Å². The summed E-state index contributed by atoms with van der Waals surface area (Å²) in [6.45, 7) is 0. The number of carbonyl (C=O) groups is 1. The molecule has 4 nitrogen and oxygen atoms in total. The lowest BCUT2D eigenvalue weighted by atomic mass is 10.00. The Balaban J connectivity index is 3.17. The zero-order chi connectivity index (χ0) is 13.2. The molecule has 0 aliphatic rings. The van der Waals surface area contributed by atoms with Gasteiger partial charge in [-0.05, 0) is 17.7 Å². The van der Waals surface area contributed by atoms with Gasteiger partial charge >= 0.3 is 5.97 Å². The minimum atomic E-state index is -2.87. The molecule has 1 aromatic rings. The lowest BCUT2D eigenvalue weighted by Crippen LogP contribution is -2.32. The molecule has 0 fully saturated rings. The van der Waals surface area contributed by atoms with E-state index in [4.69, 9.17) is 27.5 Å². The van der Waals surface area contributed by atoms with Crippen LogP contribution in [-0.4, -0.2) is 22.2 Å². The van der Waals surface area contributed by atoms with Crippen LogP contribution in [0.3, 0.4) is 0 Å². The summed E-state index contributed by atoms with van der Waals surface area (Å²) in [5.41, 5.74) is 4.69. The average Bonchev–Trinajstić information content (AvgIpc) is 2.20. The number of rotatable bonds is 4. The maximum absolute atomic E-state index is 12.7. The van der Waals surface area contributed by atoms with Crippen molar-refractivity contribution in [1.82, 2.24) is 0 Å². The number of carboxylic acid groups (broad SMARTS) is 1. The fourth-order valence-electron chi connectivity index (χ4n) is 1.36. The number of aliphatic carboxylic acids is 1. The van der Waals surface area contributed by atoms with Crippen molar-refractivity contribution in [2.45, 2.75) is 18.9 Å². The second-order valence-corrected chi connectivity index (χ2v) is 3.85. The van der Waals surface area contributed by atoms with Gasteiger partial charge in [0.15, 0.2) is 0 Å². The highest BCUT2D eigenvalue weighted by Crippen LogP contribution is 2.33. The number of hydrogen-bond donors (Lipinski definition) is 3. The highest BCUT2D eigenvalue weighted by molar-refractivity contribution is 6.31. The monoisotopic (exact) mass is 265 g/mol. The number of phenols is 1. The van der Waals surface area contributed by atoms with E-state index in [1.807, 2.05) is 0 Å². The summed E-state index contributed by atoms with van der Waals surface area (Å²) in [5, 5.41) is 17.6. The van der Waals surface area contributed by atoms with Crippen molar-refractivity contribution < 1.29 is 23.8 Å². The van der Waals surface area contributed by atoms with E-state index in [1.165, 1.54) is 0 Å². The molecular weight excluding hydrogens is 256 g/mol. The molecular formula is C10H10ClF2NO3. The molecule has 0 amide bonds. The Morgan fingerprint density at radius 2 is 2.06 bits per heavy atom. The summed E-state index contributed by atoms with van der Waals surface area (Å²) >= 11 is 5.69. The van der Waals surface area contributed by atoms with E-state index in [1.54, 1.807) is 0 Å². The largest absolute Gasteiger partial charge is 0.508 e. The second kappa shape index (κ2) is 5.29. The van der Waals surface area contributed by atoms with Crippen LogP contribution < -0.4 is 5.73 Å². The summed E-state index contributed by atoms with van der Waals surface area (Å²) in [6, 6.07) is 0.590. The molecule has 1 atom stereocenters. The first kappa shape index (κ1) is 13.7. The van der Waals surface area contributed by atoms with Gasteiger partial charge in [-0.25, -0.2) is 8.78 Å². The van der Waals surface area contributed by atoms with Gasteiger partial charge in [0.1, 0.15) is 11.8 Å². The third-order valence-corrected chi connectivity index (χ3v) is 2.53.